The van der Waals surface area contributed by atoms with Crippen LogP contribution in [-0.4, -0.2) is 63.1 Å². The van der Waals surface area contributed by atoms with Crippen molar-refractivity contribution in [1.29, 1.82) is 0 Å². The SMILES string of the molecule is CC(C)CCC[C@H](C)C1CCC2C3C(O)CC4CC(NCCCNCCCCNCCCNCC5CCCC=C5N)CCC4(C)C3CC[C@@]21C. The summed E-state index contributed by atoms with van der Waals surface area (Å²) in [6.07, 6.45) is 25.4. The molecule has 5 aliphatic carbocycles. The molecule has 50 heavy (non-hydrogen) atoms. The monoisotopic (exact) mass is 698 g/mol. The summed E-state index contributed by atoms with van der Waals surface area (Å²) in [6, 6.07) is 0.636. The first-order valence-electron chi connectivity index (χ1n) is 22.1. The van der Waals surface area contributed by atoms with E-state index in [1.807, 2.05) is 0 Å². The fraction of sp³-hybridized carbons (Fsp3) is 0.955. The third-order valence-corrected chi connectivity index (χ3v) is 15.5. The van der Waals surface area contributed by atoms with Gasteiger partial charge in [0.1, 0.15) is 0 Å². The van der Waals surface area contributed by atoms with Gasteiger partial charge in [-0.05, 0) is 188 Å². The van der Waals surface area contributed by atoms with E-state index in [0.717, 1.165) is 93.9 Å². The number of hydrogen-bond donors (Lipinski definition) is 6. The van der Waals surface area contributed by atoms with Gasteiger partial charge in [0.2, 0.25) is 0 Å². The van der Waals surface area contributed by atoms with Gasteiger partial charge in [-0.25, -0.2) is 0 Å². The Morgan fingerprint density at radius 3 is 2.18 bits per heavy atom. The molecule has 0 amide bonds. The van der Waals surface area contributed by atoms with Crippen LogP contribution in [0.25, 0.3) is 0 Å². The first-order valence-corrected chi connectivity index (χ1v) is 22.1. The second kappa shape index (κ2) is 19.6. The number of nitrogens with two attached hydrogens (primary N) is 1. The fourth-order valence-corrected chi connectivity index (χ4v) is 12.5. The Bertz CT molecular complexity index is 1020. The Kier molecular flexibility index (Phi) is 15.9. The molecule has 5 rings (SSSR count). The molecule has 0 bridgehead atoms. The van der Waals surface area contributed by atoms with Gasteiger partial charge in [0.05, 0.1) is 6.10 Å². The van der Waals surface area contributed by atoms with Crippen LogP contribution < -0.4 is 27.0 Å². The molecule has 0 aliphatic heterocycles. The van der Waals surface area contributed by atoms with Crippen molar-refractivity contribution < 1.29 is 5.11 Å². The third kappa shape index (κ3) is 10.3. The Morgan fingerprint density at radius 2 is 1.44 bits per heavy atom. The molecule has 0 aromatic rings. The van der Waals surface area contributed by atoms with Crippen LogP contribution >= 0.6 is 0 Å². The minimum absolute atomic E-state index is 0.0815. The van der Waals surface area contributed by atoms with E-state index >= 15 is 0 Å². The fourth-order valence-electron chi connectivity index (χ4n) is 12.5. The zero-order valence-electron chi connectivity index (χ0n) is 33.6. The van der Waals surface area contributed by atoms with Crippen molar-refractivity contribution in [3.63, 3.8) is 0 Å². The summed E-state index contributed by atoms with van der Waals surface area (Å²) < 4.78 is 0. The lowest BCUT2D eigenvalue weighted by Crippen LogP contribution is -2.59. The minimum Gasteiger partial charge on any atom is -0.402 e. The normalized spacial score (nSPS) is 37.6. The van der Waals surface area contributed by atoms with E-state index in [9.17, 15) is 5.11 Å². The highest BCUT2D eigenvalue weighted by Crippen LogP contribution is 2.68. The molecule has 0 aromatic heterocycles. The molecular weight excluding hydrogens is 615 g/mol. The van der Waals surface area contributed by atoms with Crippen molar-refractivity contribution >= 4 is 0 Å². The average molecular weight is 698 g/mol. The van der Waals surface area contributed by atoms with Crippen LogP contribution in [0.15, 0.2) is 11.8 Å². The van der Waals surface area contributed by atoms with Crippen molar-refractivity contribution in [2.45, 2.75) is 162 Å². The Hall–Kier alpha value is -0.660. The van der Waals surface area contributed by atoms with Crippen LogP contribution in [-0.2, 0) is 0 Å². The van der Waals surface area contributed by atoms with Crippen LogP contribution in [0.2, 0.25) is 0 Å². The van der Waals surface area contributed by atoms with Crippen molar-refractivity contribution in [3.05, 3.63) is 11.8 Å². The summed E-state index contributed by atoms with van der Waals surface area (Å²) in [5, 5.41) is 26.7. The van der Waals surface area contributed by atoms with E-state index < -0.39 is 0 Å². The second-order valence-electron chi connectivity index (χ2n) is 19.2. The molecule has 0 aromatic carbocycles. The van der Waals surface area contributed by atoms with Gasteiger partial charge in [0.15, 0.2) is 0 Å². The summed E-state index contributed by atoms with van der Waals surface area (Å²) in [5.41, 5.74) is 8.12. The molecule has 6 nitrogen and oxygen atoms in total. The molecule has 7 N–H and O–H groups in total. The predicted molar refractivity (Wildman–Crippen MR) is 213 cm³/mol. The number of fused-ring (bicyclic) bond motifs is 5. The Balaban J connectivity index is 0.910. The molecule has 4 saturated carbocycles. The van der Waals surface area contributed by atoms with E-state index in [0.29, 0.717) is 34.6 Å². The molecule has 0 radical (unpaired) electrons. The van der Waals surface area contributed by atoms with Crippen molar-refractivity contribution in [2.75, 3.05) is 45.8 Å². The van der Waals surface area contributed by atoms with Crippen molar-refractivity contribution in [2.24, 2.45) is 63.9 Å². The number of hydrogen-bond acceptors (Lipinski definition) is 6. The summed E-state index contributed by atoms with van der Waals surface area (Å²) in [5.74, 6) is 5.78. The summed E-state index contributed by atoms with van der Waals surface area (Å²) >= 11 is 0. The molecule has 5 aliphatic rings. The van der Waals surface area contributed by atoms with Gasteiger partial charge < -0.3 is 32.1 Å². The molecule has 290 valence electrons. The molecule has 6 heteroatoms. The standard InChI is InChI=1S/C44H83N5O/c1-32(2)13-10-14-33(3)37-17-18-38-42-39(20-22-44(37,38)5)43(4)21-19-36(29-35(43)30-41(42)50)49-28-12-26-47-24-9-8-23-46-25-11-27-48-31-34-15-6-7-16-40(34)45/h16,32-39,41-42,46-50H,6-15,17-31,45H2,1-5H3/t33-,34?,35?,36?,37?,38?,39?,41?,42?,43?,44+/m0/s1. The molecule has 0 spiro atoms. The largest absolute Gasteiger partial charge is 0.402 e. The highest BCUT2D eigenvalue weighted by Gasteiger charge is 2.62. The zero-order valence-corrected chi connectivity index (χ0v) is 33.6. The first-order chi connectivity index (χ1) is 24.1. The number of aliphatic hydroxyl groups is 1. The van der Waals surface area contributed by atoms with E-state index in [-0.39, 0.29) is 6.10 Å². The van der Waals surface area contributed by atoms with Crippen LogP contribution in [0.3, 0.4) is 0 Å². The quantitative estimate of drug-likeness (QED) is 0.0681. The summed E-state index contributed by atoms with van der Waals surface area (Å²) in [4.78, 5) is 0. The Morgan fingerprint density at radius 1 is 0.760 bits per heavy atom. The van der Waals surface area contributed by atoms with Crippen LogP contribution in [0.5, 0.6) is 0 Å². The zero-order chi connectivity index (χ0) is 35.6. The van der Waals surface area contributed by atoms with Crippen LogP contribution in [0, 0.1) is 58.2 Å². The lowest BCUT2D eigenvalue weighted by Gasteiger charge is -2.62. The van der Waals surface area contributed by atoms with Gasteiger partial charge in [0, 0.05) is 24.2 Å². The van der Waals surface area contributed by atoms with Gasteiger partial charge in [-0.1, -0.05) is 60.0 Å². The number of aliphatic hydroxyl groups excluding tert-OH is 1. The van der Waals surface area contributed by atoms with E-state index in [1.54, 1.807) is 0 Å². The van der Waals surface area contributed by atoms with E-state index in [4.69, 9.17) is 5.73 Å². The van der Waals surface area contributed by atoms with Gasteiger partial charge in [-0.15, -0.1) is 0 Å². The van der Waals surface area contributed by atoms with Gasteiger partial charge in [0.25, 0.3) is 0 Å². The molecule has 11 atom stereocenters. The number of unbranched alkanes of at least 4 members (excludes halogenated alkanes) is 1. The molecular formula is C44H83N5O. The maximum atomic E-state index is 11.8. The van der Waals surface area contributed by atoms with Gasteiger partial charge >= 0.3 is 0 Å². The number of nitrogens with one attached hydrogen (secondary N) is 4. The van der Waals surface area contributed by atoms with Crippen molar-refractivity contribution in [1.82, 2.24) is 21.3 Å². The van der Waals surface area contributed by atoms with E-state index in [1.165, 1.54) is 103 Å². The number of allylic oxidation sites excluding steroid dienone is 1. The molecule has 0 heterocycles. The summed E-state index contributed by atoms with van der Waals surface area (Å²) in [6.45, 7) is 20.3. The maximum absolute atomic E-state index is 11.8. The minimum atomic E-state index is -0.0815. The molecule has 0 saturated heterocycles. The smallest absolute Gasteiger partial charge is 0.0577 e. The van der Waals surface area contributed by atoms with Crippen LogP contribution in [0.4, 0.5) is 0 Å². The van der Waals surface area contributed by atoms with Crippen LogP contribution in [0.1, 0.15) is 150 Å². The lowest BCUT2D eigenvalue weighted by molar-refractivity contribution is -0.167. The third-order valence-electron chi connectivity index (χ3n) is 15.5. The average Bonchev–Trinajstić information content (AvgIpc) is 3.44. The molecule has 4 fully saturated rings. The Labute approximate surface area is 309 Å². The highest BCUT2D eigenvalue weighted by atomic mass is 16.3. The summed E-state index contributed by atoms with van der Waals surface area (Å²) in [7, 11) is 0. The first kappa shape index (κ1) is 40.5. The predicted octanol–water partition coefficient (Wildman–Crippen LogP) is 8.01. The number of rotatable bonds is 21. The lowest BCUT2D eigenvalue weighted by atomic mass is 9.43. The van der Waals surface area contributed by atoms with Crippen molar-refractivity contribution in [3.8, 4) is 0 Å². The van der Waals surface area contributed by atoms with Gasteiger partial charge in [-0.2, -0.15) is 0 Å². The van der Waals surface area contributed by atoms with E-state index in [2.05, 4.69) is 62.0 Å². The highest BCUT2D eigenvalue weighted by molar-refractivity contribution is 5.12. The second-order valence-corrected chi connectivity index (χ2v) is 19.2. The maximum Gasteiger partial charge on any atom is 0.0577 e. The van der Waals surface area contributed by atoms with Gasteiger partial charge in [-0.3, -0.25) is 0 Å². The topological polar surface area (TPSA) is 94.4 Å². The molecule has 9 unspecified atom stereocenters.